The van der Waals surface area contributed by atoms with Gasteiger partial charge in [-0.25, -0.2) is 0 Å². The summed E-state index contributed by atoms with van der Waals surface area (Å²) < 4.78 is 19.5. The first-order chi connectivity index (χ1) is 11.2. The number of thiocarbonyl (C=S) groups is 1. The van der Waals surface area contributed by atoms with E-state index in [9.17, 15) is 4.57 Å². The van der Waals surface area contributed by atoms with Crippen LogP contribution in [0.25, 0.3) is 0 Å². The predicted octanol–water partition coefficient (Wildman–Crippen LogP) is 3.67. The highest BCUT2D eigenvalue weighted by Gasteiger charge is 2.32. The molecule has 0 amide bonds. The van der Waals surface area contributed by atoms with Crippen LogP contribution < -0.4 is 15.9 Å². The van der Waals surface area contributed by atoms with Gasteiger partial charge in [0.15, 0.2) is 7.14 Å². The first-order valence-corrected chi connectivity index (χ1v) is 9.35. The van der Waals surface area contributed by atoms with E-state index >= 15 is 0 Å². The maximum absolute atomic E-state index is 13.8. The van der Waals surface area contributed by atoms with Gasteiger partial charge in [-0.15, -0.1) is 0 Å². The molecule has 0 fully saturated rings. The number of nitrogens with one attached hydrogen (secondary N) is 1. The summed E-state index contributed by atoms with van der Waals surface area (Å²) in [6, 6.07) is 22.4. The van der Waals surface area contributed by atoms with Gasteiger partial charge in [-0.2, -0.15) is 0 Å². The van der Waals surface area contributed by atoms with Gasteiger partial charge in [0.1, 0.15) is 10.5 Å². The Morgan fingerprint density at radius 3 is 1.96 bits per heavy atom. The molecular formula is C18H16NO2PS. The van der Waals surface area contributed by atoms with Gasteiger partial charge in [-0.3, -0.25) is 0 Å². The Morgan fingerprint density at radius 2 is 1.48 bits per heavy atom. The van der Waals surface area contributed by atoms with Crippen molar-refractivity contribution in [3.63, 3.8) is 0 Å². The molecule has 1 N–H and O–H groups in total. The Balaban J connectivity index is 1.95. The van der Waals surface area contributed by atoms with Gasteiger partial charge in [0.05, 0.1) is 12.8 Å². The Morgan fingerprint density at radius 1 is 0.913 bits per heavy atom. The minimum atomic E-state index is -3.05. The van der Waals surface area contributed by atoms with Gasteiger partial charge in [0.2, 0.25) is 0 Å². The standard InChI is InChI=1S/C18H16NO2PS/c20-22(16-9-3-1-4-10-16,17-11-5-2-6-12-17)18(23)19-14-15-8-7-13-21-15/h1-13H,14H2,(H,19,23). The van der Waals surface area contributed by atoms with Crippen molar-refractivity contribution < 1.29 is 8.98 Å². The lowest BCUT2D eigenvalue weighted by molar-refractivity contribution is 0.504. The van der Waals surface area contributed by atoms with Crippen LogP contribution in [-0.4, -0.2) is 4.73 Å². The molecule has 0 saturated carbocycles. The van der Waals surface area contributed by atoms with Gasteiger partial charge in [-0.05, 0) is 12.1 Å². The molecular weight excluding hydrogens is 325 g/mol. The summed E-state index contributed by atoms with van der Waals surface area (Å²) >= 11 is 5.51. The zero-order valence-electron chi connectivity index (χ0n) is 12.4. The SMILES string of the molecule is O=P(C(=S)NCc1ccco1)(c1ccccc1)c1ccccc1. The Labute approximate surface area is 140 Å². The average Bonchev–Trinajstić information content (AvgIpc) is 3.14. The van der Waals surface area contributed by atoms with Crippen molar-refractivity contribution in [2.45, 2.75) is 6.54 Å². The third-order valence-corrected chi connectivity index (χ3v) is 7.22. The number of hydrogen-bond acceptors (Lipinski definition) is 3. The van der Waals surface area contributed by atoms with E-state index in [1.54, 1.807) is 6.26 Å². The fourth-order valence-corrected chi connectivity index (χ4v) is 5.30. The lowest BCUT2D eigenvalue weighted by Gasteiger charge is -2.21. The summed E-state index contributed by atoms with van der Waals surface area (Å²) in [6.45, 7) is 0.412. The maximum atomic E-state index is 13.8. The van der Waals surface area contributed by atoms with E-state index in [1.165, 1.54) is 0 Å². The first-order valence-electron chi connectivity index (χ1n) is 7.23. The number of hydrogen-bond donors (Lipinski definition) is 1. The fourth-order valence-electron chi connectivity index (χ4n) is 2.35. The molecule has 3 aromatic rings. The second-order valence-electron chi connectivity index (χ2n) is 5.02. The molecule has 0 atom stereocenters. The highest BCUT2D eigenvalue weighted by atomic mass is 32.1. The minimum absolute atomic E-state index is 0.339. The normalized spacial score (nSPS) is 11.1. The highest BCUT2D eigenvalue weighted by Crippen LogP contribution is 2.44. The summed E-state index contributed by atoms with van der Waals surface area (Å²) in [5.41, 5.74) is 0. The minimum Gasteiger partial charge on any atom is -0.467 e. The van der Waals surface area contributed by atoms with Crippen LogP contribution in [0.5, 0.6) is 0 Å². The fraction of sp³-hybridized carbons (Fsp3) is 0.0556. The molecule has 3 nitrogen and oxygen atoms in total. The van der Waals surface area contributed by atoms with Gasteiger partial charge in [0.25, 0.3) is 0 Å². The summed E-state index contributed by atoms with van der Waals surface area (Å²) in [7, 11) is -3.05. The molecule has 1 heterocycles. The van der Waals surface area contributed by atoms with Gasteiger partial charge >= 0.3 is 0 Å². The third-order valence-electron chi connectivity index (χ3n) is 3.52. The maximum Gasteiger partial charge on any atom is 0.196 e. The van der Waals surface area contributed by atoms with Gasteiger partial charge in [0, 0.05) is 10.6 Å². The smallest absolute Gasteiger partial charge is 0.196 e. The Hall–Kier alpha value is -2.16. The van der Waals surface area contributed by atoms with Gasteiger partial charge in [-0.1, -0.05) is 72.9 Å². The average molecular weight is 341 g/mol. The molecule has 0 aliphatic carbocycles. The highest BCUT2D eigenvalue weighted by molar-refractivity contribution is 8.07. The predicted molar refractivity (Wildman–Crippen MR) is 97.9 cm³/mol. The zero-order chi connectivity index (χ0) is 16.1. The molecule has 3 rings (SSSR count). The van der Waals surface area contributed by atoms with Crippen molar-refractivity contribution in [3.05, 3.63) is 84.8 Å². The molecule has 0 spiro atoms. The van der Waals surface area contributed by atoms with Crippen molar-refractivity contribution in [1.82, 2.24) is 5.32 Å². The van der Waals surface area contributed by atoms with Crippen molar-refractivity contribution >= 4 is 34.7 Å². The number of rotatable bonds is 5. The lowest BCUT2D eigenvalue weighted by atomic mass is 10.4. The van der Waals surface area contributed by atoms with Crippen LogP contribution in [0.4, 0.5) is 0 Å². The summed E-state index contributed by atoms with van der Waals surface area (Å²) in [6.07, 6.45) is 1.61. The second kappa shape index (κ2) is 6.95. The second-order valence-corrected chi connectivity index (χ2v) is 8.43. The van der Waals surface area contributed by atoms with E-state index in [4.69, 9.17) is 16.6 Å². The molecule has 1 aromatic heterocycles. The van der Waals surface area contributed by atoms with E-state index < -0.39 is 7.14 Å². The van der Waals surface area contributed by atoms with Crippen LogP contribution in [0.2, 0.25) is 0 Å². The topological polar surface area (TPSA) is 42.2 Å². The molecule has 0 unspecified atom stereocenters. The zero-order valence-corrected chi connectivity index (χ0v) is 14.1. The molecule has 2 aromatic carbocycles. The van der Waals surface area contributed by atoms with Crippen LogP contribution in [0, 0.1) is 0 Å². The van der Waals surface area contributed by atoms with E-state index in [1.807, 2.05) is 72.8 Å². The van der Waals surface area contributed by atoms with Crippen molar-refractivity contribution in [2.75, 3.05) is 0 Å². The quantitative estimate of drug-likeness (QED) is 0.568. The Bertz CT molecular complexity index is 773. The molecule has 0 aliphatic heterocycles. The summed E-state index contributed by atoms with van der Waals surface area (Å²) in [5.74, 6) is 0.750. The molecule has 5 heteroatoms. The molecule has 0 aliphatic rings. The summed E-state index contributed by atoms with van der Waals surface area (Å²) in [4.78, 5) is 0. The number of furan rings is 1. The number of benzene rings is 2. The third kappa shape index (κ3) is 3.29. The van der Waals surface area contributed by atoms with Crippen LogP contribution in [0.1, 0.15) is 5.76 Å². The summed E-state index contributed by atoms with van der Waals surface area (Å²) in [5, 5.41) is 4.55. The Kier molecular flexibility index (Phi) is 4.75. The molecule has 0 bridgehead atoms. The van der Waals surface area contributed by atoms with Crippen molar-refractivity contribution in [3.8, 4) is 0 Å². The van der Waals surface area contributed by atoms with E-state index in [0.717, 1.165) is 16.4 Å². The van der Waals surface area contributed by atoms with Crippen LogP contribution in [-0.2, 0) is 11.1 Å². The van der Waals surface area contributed by atoms with E-state index in [0.29, 0.717) is 11.3 Å². The molecule has 0 radical (unpaired) electrons. The van der Waals surface area contributed by atoms with Crippen molar-refractivity contribution in [2.24, 2.45) is 0 Å². The van der Waals surface area contributed by atoms with Crippen LogP contribution in [0.15, 0.2) is 83.5 Å². The lowest BCUT2D eigenvalue weighted by Crippen LogP contribution is -2.30. The van der Waals surface area contributed by atoms with E-state index in [2.05, 4.69) is 5.32 Å². The van der Waals surface area contributed by atoms with E-state index in [-0.39, 0.29) is 0 Å². The molecule has 0 saturated heterocycles. The van der Waals surface area contributed by atoms with Crippen LogP contribution >= 0.6 is 19.4 Å². The van der Waals surface area contributed by atoms with Crippen LogP contribution in [0.3, 0.4) is 0 Å². The molecule has 23 heavy (non-hydrogen) atoms. The largest absolute Gasteiger partial charge is 0.467 e. The van der Waals surface area contributed by atoms with Crippen molar-refractivity contribution in [1.29, 1.82) is 0 Å². The van der Waals surface area contributed by atoms with Gasteiger partial charge < -0.3 is 14.3 Å². The molecule has 116 valence electrons. The first kappa shape index (κ1) is 15.7. The monoisotopic (exact) mass is 341 g/mol.